The van der Waals surface area contributed by atoms with E-state index in [2.05, 4.69) is 13.8 Å². The summed E-state index contributed by atoms with van der Waals surface area (Å²) in [5.41, 5.74) is 0. The molecule has 0 saturated carbocycles. The summed E-state index contributed by atoms with van der Waals surface area (Å²) in [6.45, 7) is 4.36. The Labute approximate surface area is 49.1 Å². The minimum atomic E-state index is 0. The summed E-state index contributed by atoms with van der Waals surface area (Å²) in [6, 6.07) is 0. The van der Waals surface area contributed by atoms with Gasteiger partial charge in [-0.2, -0.15) is 0 Å². The van der Waals surface area contributed by atoms with Crippen molar-refractivity contribution in [1.29, 1.82) is 0 Å². The van der Waals surface area contributed by atoms with Crippen molar-refractivity contribution in [3.8, 4) is 0 Å². The highest BCUT2D eigenvalue weighted by molar-refractivity contribution is 8.93. The summed E-state index contributed by atoms with van der Waals surface area (Å²) < 4.78 is 0. The van der Waals surface area contributed by atoms with Crippen molar-refractivity contribution in [1.82, 2.24) is 0 Å². The van der Waals surface area contributed by atoms with Crippen LogP contribution in [0.25, 0.3) is 0 Å². The number of rotatable bonds is 1. The van der Waals surface area contributed by atoms with Gasteiger partial charge in [-0.1, -0.05) is 26.7 Å². The Balaban J connectivity index is -0.0000000450. The third-order valence-corrected chi connectivity index (χ3v) is 0.500. The zero-order chi connectivity index (χ0) is 3.41. The first-order valence-corrected chi connectivity index (χ1v) is 1.91. The van der Waals surface area contributed by atoms with E-state index < -0.39 is 0 Å². The van der Waals surface area contributed by atoms with E-state index in [1.807, 2.05) is 0 Å². The lowest BCUT2D eigenvalue weighted by atomic mass is 10.4. The van der Waals surface area contributed by atoms with Crippen LogP contribution in [0.15, 0.2) is 0 Å². The zero-order valence-corrected chi connectivity index (χ0v) is 5.94. The van der Waals surface area contributed by atoms with Gasteiger partial charge < -0.3 is 0 Å². The molecule has 0 aromatic rings. The van der Waals surface area contributed by atoms with Crippen LogP contribution >= 0.6 is 17.0 Å². The Hall–Kier alpha value is 0.410. The molecule has 2 heteroatoms. The number of halogens is 2. The van der Waals surface area contributed by atoms with E-state index >= 15 is 0 Å². The molecule has 42 valence electrons. The maximum atomic E-state index is 2.18. The third-order valence-electron chi connectivity index (χ3n) is 0.500. The molecule has 0 aromatic carbocycles. The van der Waals surface area contributed by atoms with Crippen LogP contribution in [0.3, 0.4) is 0 Å². The molecule has 6 heavy (non-hydrogen) atoms. The van der Waals surface area contributed by atoms with Gasteiger partial charge in [-0.25, -0.2) is 0 Å². The maximum absolute atomic E-state index is 2.18. The molecule has 0 amide bonds. The lowest BCUT2D eigenvalue weighted by molar-refractivity contribution is 0.886. The standard InChI is InChI=1S/C4H10.BrH.FH/c1-3-4-2;;/h3-4H2,1-2H3;2*1H. The molecule has 0 unspecified atom stereocenters. The second-order valence-corrected chi connectivity index (χ2v) is 1.000. The number of unbranched alkanes of at least 4 members (excludes halogenated alkanes) is 1. The van der Waals surface area contributed by atoms with E-state index in [1.165, 1.54) is 12.8 Å². The summed E-state index contributed by atoms with van der Waals surface area (Å²) in [4.78, 5) is 0. The maximum Gasteiger partial charge on any atom is -0.0564 e. The molecule has 0 aromatic heterocycles. The molecule has 0 aliphatic rings. The molecule has 0 fully saturated rings. The minimum absolute atomic E-state index is 0. The monoisotopic (exact) mass is 158 g/mol. The molecule has 0 bridgehead atoms. The van der Waals surface area contributed by atoms with Crippen LogP contribution in [0.4, 0.5) is 4.70 Å². The Morgan fingerprint density at radius 1 is 1.00 bits per heavy atom. The van der Waals surface area contributed by atoms with Gasteiger partial charge in [0.15, 0.2) is 0 Å². The minimum Gasteiger partial charge on any atom is -0.269 e. The van der Waals surface area contributed by atoms with Crippen LogP contribution < -0.4 is 0 Å². The SMILES string of the molecule is Br.CCCC.F. The van der Waals surface area contributed by atoms with Crippen molar-refractivity contribution in [2.45, 2.75) is 26.7 Å². The van der Waals surface area contributed by atoms with Crippen LogP contribution in [0.1, 0.15) is 26.7 Å². The van der Waals surface area contributed by atoms with Crippen LogP contribution in [-0.2, 0) is 0 Å². The lowest BCUT2D eigenvalue weighted by Gasteiger charge is -1.68. The van der Waals surface area contributed by atoms with Crippen molar-refractivity contribution >= 4 is 17.0 Å². The lowest BCUT2D eigenvalue weighted by Crippen LogP contribution is -1.47. The van der Waals surface area contributed by atoms with Gasteiger partial charge in [0.05, 0.1) is 0 Å². The van der Waals surface area contributed by atoms with Crippen molar-refractivity contribution in [2.24, 2.45) is 0 Å². The van der Waals surface area contributed by atoms with Gasteiger partial charge in [-0.15, -0.1) is 17.0 Å². The van der Waals surface area contributed by atoms with Crippen molar-refractivity contribution in [3.63, 3.8) is 0 Å². The second-order valence-electron chi connectivity index (χ2n) is 1.000. The highest BCUT2D eigenvalue weighted by Gasteiger charge is 1.56. The molecule has 0 saturated heterocycles. The van der Waals surface area contributed by atoms with Gasteiger partial charge in [0.1, 0.15) is 0 Å². The van der Waals surface area contributed by atoms with E-state index in [-0.39, 0.29) is 21.7 Å². The molecule has 0 N–H and O–H groups in total. The van der Waals surface area contributed by atoms with Crippen LogP contribution in [-0.4, -0.2) is 0 Å². The van der Waals surface area contributed by atoms with Gasteiger partial charge in [0.2, 0.25) is 0 Å². The quantitative estimate of drug-likeness (QED) is 0.551. The predicted octanol–water partition coefficient (Wildman–Crippen LogP) is 2.54. The molecule has 0 spiro atoms. The summed E-state index contributed by atoms with van der Waals surface area (Å²) in [5, 5.41) is 0. The molecule has 0 heterocycles. The Kier molecular flexibility index (Phi) is 48.7. The Bertz CT molecular complexity index is 9.51. The van der Waals surface area contributed by atoms with E-state index in [9.17, 15) is 0 Å². The average Bonchev–Trinajstić information content (AvgIpc) is 1.37. The van der Waals surface area contributed by atoms with E-state index in [0.717, 1.165) is 0 Å². The third kappa shape index (κ3) is 25.8. The van der Waals surface area contributed by atoms with Gasteiger partial charge in [0.25, 0.3) is 0 Å². The van der Waals surface area contributed by atoms with E-state index in [1.54, 1.807) is 0 Å². The summed E-state index contributed by atoms with van der Waals surface area (Å²) in [5.74, 6) is 0. The van der Waals surface area contributed by atoms with Crippen molar-refractivity contribution in [3.05, 3.63) is 0 Å². The summed E-state index contributed by atoms with van der Waals surface area (Å²) >= 11 is 0. The topological polar surface area (TPSA) is 0 Å². The second kappa shape index (κ2) is 18.1. The predicted molar refractivity (Wildman–Crippen MR) is 33.4 cm³/mol. The molecule has 0 radical (unpaired) electrons. The first kappa shape index (κ1) is 16.1. The summed E-state index contributed by atoms with van der Waals surface area (Å²) in [6.07, 6.45) is 2.64. The summed E-state index contributed by atoms with van der Waals surface area (Å²) in [7, 11) is 0. The van der Waals surface area contributed by atoms with Crippen LogP contribution in [0.5, 0.6) is 0 Å². The molecular weight excluding hydrogens is 147 g/mol. The molecule has 0 aliphatic carbocycles. The van der Waals surface area contributed by atoms with Crippen LogP contribution in [0, 0.1) is 0 Å². The van der Waals surface area contributed by atoms with Gasteiger partial charge in [0, 0.05) is 0 Å². The molecular formula is C4H12BrF. The highest BCUT2D eigenvalue weighted by Crippen LogP contribution is 1.76. The zero-order valence-electron chi connectivity index (χ0n) is 4.23. The average molecular weight is 159 g/mol. The Morgan fingerprint density at radius 2 is 1.17 bits per heavy atom. The highest BCUT2D eigenvalue weighted by atomic mass is 79.9. The van der Waals surface area contributed by atoms with Crippen LogP contribution in [0.2, 0.25) is 0 Å². The molecule has 0 aliphatic heterocycles. The van der Waals surface area contributed by atoms with Crippen molar-refractivity contribution in [2.75, 3.05) is 0 Å². The fraction of sp³-hybridized carbons (Fsp3) is 1.00. The fourth-order valence-electron chi connectivity index (χ4n) is 0. The fourth-order valence-corrected chi connectivity index (χ4v) is 0. The first-order chi connectivity index (χ1) is 1.91. The number of hydrogen-bond acceptors (Lipinski definition) is 0. The Morgan fingerprint density at radius 3 is 1.17 bits per heavy atom. The normalized spacial score (nSPS) is 5.00. The van der Waals surface area contributed by atoms with E-state index in [0.29, 0.717) is 0 Å². The smallest absolute Gasteiger partial charge is 0.0564 e. The van der Waals surface area contributed by atoms with Crippen molar-refractivity contribution < 1.29 is 4.70 Å². The van der Waals surface area contributed by atoms with Gasteiger partial charge in [-0.3, -0.25) is 4.70 Å². The molecule has 0 atom stereocenters. The van der Waals surface area contributed by atoms with E-state index in [4.69, 9.17) is 0 Å². The first-order valence-electron chi connectivity index (χ1n) is 1.91. The molecule has 0 rings (SSSR count). The number of hydrogen-bond donors (Lipinski definition) is 0. The molecule has 0 nitrogen and oxygen atoms in total. The van der Waals surface area contributed by atoms with Gasteiger partial charge in [-0.05, 0) is 0 Å². The largest absolute Gasteiger partial charge is 0.269 e. The van der Waals surface area contributed by atoms with Gasteiger partial charge >= 0.3 is 0 Å².